The molecule has 0 heterocycles. The van der Waals surface area contributed by atoms with Gasteiger partial charge in [0.1, 0.15) is 11.6 Å². The molecular formula is C22H22Cl2N2O3. The largest absolute Gasteiger partial charge is 0.493 e. The minimum absolute atomic E-state index is 0.0836. The molecule has 0 fully saturated rings. The van der Waals surface area contributed by atoms with Gasteiger partial charge in [0.15, 0.2) is 11.5 Å². The molecule has 7 heteroatoms. The molecule has 0 aromatic heterocycles. The number of nitriles is 1. The van der Waals surface area contributed by atoms with Gasteiger partial charge >= 0.3 is 0 Å². The molecule has 0 unspecified atom stereocenters. The van der Waals surface area contributed by atoms with Crippen LogP contribution in [0.25, 0.3) is 6.08 Å². The van der Waals surface area contributed by atoms with E-state index in [1.54, 1.807) is 37.4 Å². The lowest BCUT2D eigenvalue weighted by atomic mass is 10.1. The minimum Gasteiger partial charge on any atom is -0.493 e. The quantitative estimate of drug-likeness (QED) is 0.294. The van der Waals surface area contributed by atoms with Crippen molar-refractivity contribution in [2.45, 2.75) is 26.2 Å². The number of nitrogens with zero attached hydrogens (tertiary/aromatic N) is 1. The molecule has 0 atom stereocenters. The maximum Gasteiger partial charge on any atom is 0.266 e. The van der Waals surface area contributed by atoms with E-state index in [9.17, 15) is 10.1 Å². The van der Waals surface area contributed by atoms with Crippen molar-refractivity contribution in [3.05, 3.63) is 57.6 Å². The van der Waals surface area contributed by atoms with Gasteiger partial charge in [0, 0.05) is 5.02 Å². The van der Waals surface area contributed by atoms with Gasteiger partial charge in [-0.1, -0.05) is 49.0 Å². The fraction of sp³-hybridized carbons (Fsp3) is 0.273. The minimum atomic E-state index is -0.587. The van der Waals surface area contributed by atoms with E-state index >= 15 is 0 Å². The van der Waals surface area contributed by atoms with Crippen molar-refractivity contribution in [2.24, 2.45) is 0 Å². The van der Waals surface area contributed by atoms with Crippen molar-refractivity contribution in [3.8, 4) is 17.6 Å². The Hall–Kier alpha value is -2.68. The van der Waals surface area contributed by atoms with Crippen LogP contribution in [0.5, 0.6) is 11.5 Å². The number of ether oxygens (including phenoxy) is 2. The van der Waals surface area contributed by atoms with E-state index < -0.39 is 5.91 Å². The average Bonchev–Trinajstić information content (AvgIpc) is 2.72. The summed E-state index contributed by atoms with van der Waals surface area (Å²) in [5, 5.41) is 12.8. The number of methoxy groups -OCH3 is 1. The van der Waals surface area contributed by atoms with E-state index in [4.69, 9.17) is 32.7 Å². The van der Waals surface area contributed by atoms with Crippen LogP contribution in [-0.4, -0.2) is 19.6 Å². The van der Waals surface area contributed by atoms with E-state index in [1.807, 2.05) is 6.07 Å². The van der Waals surface area contributed by atoms with Gasteiger partial charge in [0.25, 0.3) is 5.91 Å². The molecular weight excluding hydrogens is 411 g/mol. The lowest BCUT2D eigenvalue weighted by Crippen LogP contribution is -2.13. The number of nitrogens with one attached hydrogen (secondary N) is 1. The molecule has 0 saturated carbocycles. The number of carbonyl (C=O) groups excluding carboxylic acids is 1. The Morgan fingerprint density at radius 2 is 1.97 bits per heavy atom. The van der Waals surface area contributed by atoms with Crippen LogP contribution >= 0.6 is 23.2 Å². The number of anilines is 1. The molecule has 0 aliphatic rings. The number of hydrogen-bond acceptors (Lipinski definition) is 4. The maximum absolute atomic E-state index is 12.5. The Kier molecular flexibility index (Phi) is 8.85. The third-order valence-corrected chi connectivity index (χ3v) is 4.61. The van der Waals surface area contributed by atoms with Crippen LogP contribution in [0.4, 0.5) is 5.69 Å². The first-order valence-electron chi connectivity index (χ1n) is 9.17. The molecule has 5 nitrogen and oxygen atoms in total. The number of hydrogen-bond donors (Lipinski definition) is 1. The summed E-state index contributed by atoms with van der Waals surface area (Å²) in [4.78, 5) is 12.5. The number of amides is 1. The lowest BCUT2D eigenvalue weighted by Gasteiger charge is -2.11. The van der Waals surface area contributed by atoms with Crippen LogP contribution in [0.15, 0.2) is 42.0 Å². The summed E-state index contributed by atoms with van der Waals surface area (Å²) in [5.74, 6) is 0.566. The first kappa shape index (κ1) is 22.6. The zero-order valence-electron chi connectivity index (χ0n) is 16.3. The summed E-state index contributed by atoms with van der Waals surface area (Å²) in [6, 6.07) is 11.8. The third-order valence-electron chi connectivity index (χ3n) is 4.05. The van der Waals surface area contributed by atoms with E-state index in [2.05, 4.69) is 12.2 Å². The van der Waals surface area contributed by atoms with Crippen LogP contribution in [0.2, 0.25) is 10.0 Å². The van der Waals surface area contributed by atoms with E-state index in [0.29, 0.717) is 39.4 Å². The summed E-state index contributed by atoms with van der Waals surface area (Å²) in [7, 11) is 1.54. The smallest absolute Gasteiger partial charge is 0.266 e. The number of unbranched alkanes of at least 4 members (excludes halogenated alkanes) is 2. The van der Waals surface area contributed by atoms with Gasteiger partial charge in [0.2, 0.25) is 0 Å². The molecule has 0 bridgehead atoms. The maximum atomic E-state index is 12.5. The molecule has 0 aliphatic carbocycles. The number of halogens is 2. The van der Waals surface area contributed by atoms with Crippen molar-refractivity contribution in [1.82, 2.24) is 0 Å². The second-order valence-corrected chi connectivity index (χ2v) is 7.06. The summed E-state index contributed by atoms with van der Waals surface area (Å²) in [6.45, 7) is 2.73. The predicted molar refractivity (Wildman–Crippen MR) is 117 cm³/mol. The van der Waals surface area contributed by atoms with Gasteiger partial charge in [-0.05, 0) is 48.4 Å². The van der Waals surface area contributed by atoms with Crippen molar-refractivity contribution in [1.29, 1.82) is 5.26 Å². The SMILES string of the molecule is CCCCCOc1ccc(C=C(C#N)C(=O)Nc2cc(Cl)ccc2Cl)cc1OC. The topological polar surface area (TPSA) is 71.3 Å². The van der Waals surface area contributed by atoms with Crippen LogP contribution in [0.1, 0.15) is 31.7 Å². The molecule has 1 amide bonds. The number of rotatable bonds is 9. The highest BCUT2D eigenvalue weighted by Crippen LogP contribution is 2.30. The van der Waals surface area contributed by atoms with Gasteiger partial charge in [-0.15, -0.1) is 0 Å². The van der Waals surface area contributed by atoms with Crippen molar-refractivity contribution < 1.29 is 14.3 Å². The highest BCUT2D eigenvalue weighted by atomic mass is 35.5. The Balaban J connectivity index is 2.18. The standard InChI is InChI=1S/C22H22Cl2N2O3/c1-3-4-5-10-29-20-9-6-15(12-21(20)28-2)11-16(14-25)22(27)26-19-13-17(23)7-8-18(19)24/h6-9,11-13H,3-5,10H2,1-2H3,(H,26,27). The van der Waals surface area contributed by atoms with Crippen LogP contribution in [-0.2, 0) is 4.79 Å². The molecule has 2 rings (SSSR count). The Morgan fingerprint density at radius 1 is 1.17 bits per heavy atom. The molecule has 2 aromatic rings. The lowest BCUT2D eigenvalue weighted by molar-refractivity contribution is -0.112. The highest BCUT2D eigenvalue weighted by Gasteiger charge is 2.13. The molecule has 29 heavy (non-hydrogen) atoms. The van der Waals surface area contributed by atoms with Crippen LogP contribution < -0.4 is 14.8 Å². The molecule has 0 radical (unpaired) electrons. The summed E-state index contributed by atoms with van der Waals surface area (Å²) in [6.07, 6.45) is 4.65. The summed E-state index contributed by atoms with van der Waals surface area (Å²) in [5.41, 5.74) is 0.880. The third kappa shape index (κ3) is 6.70. The zero-order chi connectivity index (χ0) is 21.2. The van der Waals surface area contributed by atoms with Crippen molar-refractivity contribution >= 4 is 40.9 Å². The van der Waals surface area contributed by atoms with Crippen molar-refractivity contribution in [3.63, 3.8) is 0 Å². The second kappa shape index (κ2) is 11.4. The number of carbonyl (C=O) groups is 1. The highest BCUT2D eigenvalue weighted by molar-refractivity contribution is 6.36. The van der Waals surface area contributed by atoms with Gasteiger partial charge in [0.05, 0.1) is 24.4 Å². The van der Waals surface area contributed by atoms with Gasteiger partial charge in [-0.2, -0.15) is 5.26 Å². The molecule has 0 aliphatic heterocycles. The fourth-order valence-corrected chi connectivity index (χ4v) is 2.86. The van der Waals surface area contributed by atoms with Crippen LogP contribution in [0.3, 0.4) is 0 Å². The van der Waals surface area contributed by atoms with Gasteiger partial charge < -0.3 is 14.8 Å². The second-order valence-electron chi connectivity index (χ2n) is 6.21. The first-order valence-corrected chi connectivity index (χ1v) is 9.93. The normalized spacial score (nSPS) is 10.9. The summed E-state index contributed by atoms with van der Waals surface area (Å²) >= 11 is 12.0. The van der Waals surface area contributed by atoms with Crippen molar-refractivity contribution in [2.75, 3.05) is 19.0 Å². The predicted octanol–water partition coefficient (Wildman–Crippen LogP) is 6.12. The first-order chi connectivity index (χ1) is 14.0. The molecule has 0 spiro atoms. The van der Waals surface area contributed by atoms with E-state index in [0.717, 1.165) is 19.3 Å². The zero-order valence-corrected chi connectivity index (χ0v) is 17.8. The fourth-order valence-electron chi connectivity index (χ4n) is 2.53. The Bertz CT molecular complexity index is 936. The van der Waals surface area contributed by atoms with E-state index in [-0.39, 0.29) is 5.57 Å². The van der Waals surface area contributed by atoms with Gasteiger partial charge in [-0.3, -0.25) is 4.79 Å². The molecule has 2 aromatic carbocycles. The molecule has 1 N–H and O–H groups in total. The van der Waals surface area contributed by atoms with Gasteiger partial charge in [-0.25, -0.2) is 0 Å². The number of benzene rings is 2. The molecule has 152 valence electrons. The van der Waals surface area contributed by atoms with E-state index in [1.165, 1.54) is 12.1 Å². The Morgan fingerprint density at radius 3 is 2.66 bits per heavy atom. The molecule has 0 saturated heterocycles. The average molecular weight is 433 g/mol. The monoisotopic (exact) mass is 432 g/mol. The summed E-state index contributed by atoms with van der Waals surface area (Å²) < 4.78 is 11.1. The Labute approximate surface area is 180 Å². The van der Waals surface area contributed by atoms with Crippen LogP contribution in [0, 0.1) is 11.3 Å².